The van der Waals surface area contributed by atoms with Crippen LogP contribution in [0.4, 0.5) is 0 Å². The molecule has 0 heterocycles. The first kappa shape index (κ1) is 20.4. The molecule has 0 bridgehead atoms. The van der Waals surface area contributed by atoms with E-state index in [1.165, 1.54) is 24.3 Å². The van der Waals surface area contributed by atoms with Crippen molar-refractivity contribution in [3.8, 4) is 0 Å². The average molecular weight is 395 g/mol. The number of nitrogens with one attached hydrogen (secondary N) is 2. The van der Waals surface area contributed by atoms with Crippen molar-refractivity contribution in [3.63, 3.8) is 0 Å². The highest BCUT2D eigenvalue weighted by molar-refractivity contribution is 7.89. The quantitative estimate of drug-likeness (QED) is 0.788. The van der Waals surface area contributed by atoms with Crippen molar-refractivity contribution < 1.29 is 13.2 Å². The average Bonchev–Trinajstić information content (AvgIpc) is 2.55. The van der Waals surface area contributed by atoms with E-state index in [2.05, 4.69) is 10.0 Å². The molecule has 0 aliphatic carbocycles. The number of rotatable bonds is 6. The van der Waals surface area contributed by atoms with Gasteiger partial charge in [0, 0.05) is 22.7 Å². The first-order chi connectivity index (χ1) is 12.1. The van der Waals surface area contributed by atoms with E-state index in [0.29, 0.717) is 17.0 Å². The number of carbonyl (C=O) groups excluding carboxylic acids is 1. The molecule has 5 nitrogen and oxygen atoms in total. The molecule has 0 aliphatic rings. The second kappa shape index (κ2) is 8.20. The molecule has 26 heavy (non-hydrogen) atoms. The summed E-state index contributed by atoms with van der Waals surface area (Å²) >= 11 is 5.83. The van der Waals surface area contributed by atoms with E-state index in [9.17, 15) is 13.2 Å². The highest BCUT2D eigenvalue weighted by Gasteiger charge is 2.17. The number of hydrogen-bond acceptors (Lipinski definition) is 3. The molecular weight excluding hydrogens is 372 g/mol. The third kappa shape index (κ3) is 6.12. The lowest BCUT2D eigenvalue weighted by atomic mass is 10.1. The highest BCUT2D eigenvalue weighted by atomic mass is 35.5. The fraction of sp³-hybridized carbons (Fsp3) is 0.316. The Bertz CT molecular complexity index is 855. The van der Waals surface area contributed by atoms with Crippen molar-refractivity contribution in [1.29, 1.82) is 0 Å². The van der Waals surface area contributed by atoms with Crippen molar-refractivity contribution in [3.05, 3.63) is 64.7 Å². The molecular formula is C19H23ClN2O3S. The number of amides is 1. The summed E-state index contributed by atoms with van der Waals surface area (Å²) < 4.78 is 27.3. The Morgan fingerprint density at radius 2 is 1.58 bits per heavy atom. The zero-order chi connectivity index (χ0) is 19.4. The van der Waals surface area contributed by atoms with Gasteiger partial charge in [0.1, 0.15) is 0 Å². The van der Waals surface area contributed by atoms with Crippen LogP contribution in [0.5, 0.6) is 0 Å². The van der Waals surface area contributed by atoms with Crippen LogP contribution in [0.25, 0.3) is 0 Å². The van der Waals surface area contributed by atoms with E-state index in [0.717, 1.165) is 5.56 Å². The van der Waals surface area contributed by atoms with Gasteiger partial charge in [0.25, 0.3) is 5.91 Å². The zero-order valence-electron chi connectivity index (χ0n) is 15.0. The number of hydrogen-bond donors (Lipinski definition) is 2. The Balaban J connectivity index is 1.98. The zero-order valence-corrected chi connectivity index (χ0v) is 16.6. The van der Waals surface area contributed by atoms with Gasteiger partial charge in [-0.1, -0.05) is 23.7 Å². The van der Waals surface area contributed by atoms with Crippen LogP contribution in [0.3, 0.4) is 0 Å². The lowest BCUT2D eigenvalue weighted by Crippen LogP contribution is -2.40. The second-order valence-corrected chi connectivity index (χ2v) is 9.21. The molecule has 0 saturated carbocycles. The van der Waals surface area contributed by atoms with Gasteiger partial charge in [-0.2, -0.15) is 0 Å². The molecule has 1 amide bonds. The van der Waals surface area contributed by atoms with Crippen LogP contribution in [0.2, 0.25) is 5.02 Å². The van der Waals surface area contributed by atoms with Gasteiger partial charge in [-0.3, -0.25) is 4.79 Å². The SMILES string of the molecule is CC(C)(C)NC(=O)c1ccc(S(=O)(=O)NCCc2ccc(Cl)cc2)cc1. The first-order valence-corrected chi connectivity index (χ1v) is 10.1. The van der Waals surface area contributed by atoms with Gasteiger partial charge in [0.05, 0.1) is 4.90 Å². The molecule has 0 atom stereocenters. The summed E-state index contributed by atoms with van der Waals surface area (Å²) in [6.07, 6.45) is 0.558. The monoisotopic (exact) mass is 394 g/mol. The van der Waals surface area contributed by atoms with Gasteiger partial charge >= 0.3 is 0 Å². The standard InChI is InChI=1S/C19H23ClN2O3S/c1-19(2,3)22-18(23)15-6-10-17(11-7-15)26(24,25)21-13-12-14-4-8-16(20)9-5-14/h4-11,21H,12-13H2,1-3H3,(H,22,23). The molecule has 2 rings (SSSR count). The number of carbonyl (C=O) groups is 1. The van der Waals surface area contributed by atoms with Crippen LogP contribution in [0.1, 0.15) is 36.7 Å². The minimum Gasteiger partial charge on any atom is -0.347 e. The predicted octanol–water partition coefficient (Wildman–Crippen LogP) is 3.39. The molecule has 2 aromatic carbocycles. The molecule has 0 unspecified atom stereocenters. The van der Waals surface area contributed by atoms with Gasteiger partial charge in [-0.25, -0.2) is 13.1 Å². The Hall–Kier alpha value is -1.89. The topological polar surface area (TPSA) is 75.3 Å². The van der Waals surface area contributed by atoms with E-state index < -0.39 is 10.0 Å². The molecule has 7 heteroatoms. The number of benzene rings is 2. The maximum atomic E-state index is 12.4. The molecule has 0 spiro atoms. The lowest BCUT2D eigenvalue weighted by molar-refractivity contribution is 0.0919. The smallest absolute Gasteiger partial charge is 0.251 e. The third-order valence-corrected chi connectivity index (χ3v) is 5.26. The van der Waals surface area contributed by atoms with Crippen molar-refractivity contribution >= 4 is 27.5 Å². The summed E-state index contributed by atoms with van der Waals surface area (Å²) in [5, 5.41) is 3.48. The Morgan fingerprint density at radius 1 is 1.00 bits per heavy atom. The molecule has 0 fully saturated rings. The lowest BCUT2D eigenvalue weighted by Gasteiger charge is -2.20. The van der Waals surface area contributed by atoms with E-state index in [-0.39, 0.29) is 22.9 Å². The van der Waals surface area contributed by atoms with E-state index in [1.54, 1.807) is 12.1 Å². The van der Waals surface area contributed by atoms with Crippen LogP contribution in [0.15, 0.2) is 53.4 Å². The van der Waals surface area contributed by atoms with Crippen molar-refractivity contribution in [2.45, 2.75) is 37.6 Å². The summed E-state index contributed by atoms with van der Waals surface area (Å²) in [6.45, 7) is 5.92. The van der Waals surface area contributed by atoms with Crippen LogP contribution in [-0.4, -0.2) is 26.4 Å². The molecule has 2 aromatic rings. The second-order valence-electron chi connectivity index (χ2n) is 7.00. The Kier molecular flexibility index (Phi) is 6.44. The van der Waals surface area contributed by atoms with Gasteiger partial charge < -0.3 is 5.32 Å². The highest BCUT2D eigenvalue weighted by Crippen LogP contribution is 2.13. The molecule has 2 N–H and O–H groups in total. The molecule has 0 aliphatic heterocycles. The minimum absolute atomic E-state index is 0.126. The summed E-state index contributed by atoms with van der Waals surface area (Å²) in [6, 6.07) is 13.1. The van der Waals surface area contributed by atoms with Gasteiger partial charge in [-0.05, 0) is 69.2 Å². The van der Waals surface area contributed by atoms with Crippen LogP contribution in [-0.2, 0) is 16.4 Å². The maximum absolute atomic E-state index is 12.4. The van der Waals surface area contributed by atoms with Crippen molar-refractivity contribution in [2.75, 3.05) is 6.54 Å². The number of halogens is 1. The van der Waals surface area contributed by atoms with Crippen LogP contribution in [0, 0.1) is 0 Å². The van der Waals surface area contributed by atoms with Crippen molar-refractivity contribution in [1.82, 2.24) is 10.0 Å². The minimum atomic E-state index is -3.62. The fourth-order valence-corrected chi connectivity index (χ4v) is 3.42. The molecule has 0 saturated heterocycles. The van der Waals surface area contributed by atoms with Crippen molar-refractivity contribution in [2.24, 2.45) is 0 Å². The Labute approximate surface area is 159 Å². The van der Waals surface area contributed by atoms with E-state index in [1.807, 2.05) is 32.9 Å². The Morgan fingerprint density at radius 3 is 2.12 bits per heavy atom. The summed E-state index contributed by atoms with van der Waals surface area (Å²) in [4.78, 5) is 12.2. The molecule has 0 radical (unpaired) electrons. The summed E-state index contributed by atoms with van der Waals surface area (Å²) in [5.41, 5.74) is 1.05. The normalized spacial score (nSPS) is 12.0. The van der Waals surface area contributed by atoms with Crippen LogP contribution >= 0.6 is 11.6 Å². The van der Waals surface area contributed by atoms with Gasteiger partial charge in [0.15, 0.2) is 0 Å². The molecule has 140 valence electrons. The van der Waals surface area contributed by atoms with Gasteiger partial charge in [-0.15, -0.1) is 0 Å². The van der Waals surface area contributed by atoms with Gasteiger partial charge in [0.2, 0.25) is 10.0 Å². The summed E-state index contributed by atoms with van der Waals surface area (Å²) in [7, 11) is -3.62. The predicted molar refractivity (Wildman–Crippen MR) is 104 cm³/mol. The fourth-order valence-electron chi connectivity index (χ4n) is 2.26. The summed E-state index contributed by atoms with van der Waals surface area (Å²) in [5.74, 6) is -0.239. The largest absolute Gasteiger partial charge is 0.347 e. The number of sulfonamides is 1. The van der Waals surface area contributed by atoms with E-state index >= 15 is 0 Å². The van der Waals surface area contributed by atoms with Crippen LogP contribution < -0.4 is 10.0 Å². The maximum Gasteiger partial charge on any atom is 0.251 e. The third-order valence-electron chi connectivity index (χ3n) is 3.53. The first-order valence-electron chi connectivity index (χ1n) is 8.23. The van der Waals surface area contributed by atoms with E-state index in [4.69, 9.17) is 11.6 Å². The molecule has 0 aromatic heterocycles.